The number of likely N-dealkylation sites (N-methyl/N-ethyl adjacent to an activating group) is 1. The molecule has 3 aliphatic rings. The first kappa shape index (κ1) is 34.4. The minimum atomic E-state index is -2.87. The Balaban J connectivity index is 1.55. The van der Waals surface area contributed by atoms with Crippen LogP contribution in [0.1, 0.15) is 46.5 Å². The first-order chi connectivity index (χ1) is 21.3. The zero-order chi connectivity index (χ0) is 32.5. The summed E-state index contributed by atoms with van der Waals surface area (Å²) in [5.74, 6) is 0.716. The number of amides is 2. The molecule has 0 aliphatic carbocycles. The van der Waals surface area contributed by atoms with E-state index in [1.165, 1.54) is 10.4 Å². The van der Waals surface area contributed by atoms with Crippen LogP contribution in [-0.4, -0.2) is 93.9 Å². The lowest BCUT2D eigenvalue weighted by Crippen LogP contribution is -2.70. The smallest absolute Gasteiger partial charge is 0.262 e. The number of carbonyl (C=O) groups excluding carboxylic acids is 2. The summed E-state index contributed by atoms with van der Waals surface area (Å²) in [7, 11) is -2.51. The Morgan fingerprint density at radius 2 is 1.60 bits per heavy atom. The Morgan fingerprint density at radius 3 is 2.13 bits per heavy atom. The van der Waals surface area contributed by atoms with Crippen molar-refractivity contribution in [2.75, 3.05) is 32.6 Å². The van der Waals surface area contributed by atoms with Gasteiger partial charge < -0.3 is 23.7 Å². The molecule has 2 aromatic rings. The van der Waals surface area contributed by atoms with Crippen LogP contribution < -0.4 is 10.4 Å². The largest absolute Gasteiger partial charge is 0.405 e. The Hall–Kier alpha value is -1.96. The highest BCUT2D eigenvalue weighted by molar-refractivity contribution is 8.01. The van der Waals surface area contributed by atoms with Crippen LogP contribution in [0, 0.1) is 0 Å². The lowest BCUT2D eigenvalue weighted by Gasteiger charge is -2.48. The van der Waals surface area contributed by atoms with Gasteiger partial charge in [0.05, 0.1) is 19.2 Å². The van der Waals surface area contributed by atoms with Crippen molar-refractivity contribution >= 4 is 50.3 Å². The van der Waals surface area contributed by atoms with Crippen molar-refractivity contribution in [3.8, 4) is 0 Å². The maximum atomic E-state index is 14.4. The number of thioether (sulfide) groups is 1. The molecule has 0 bridgehead atoms. The molecule has 10 heteroatoms. The summed E-state index contributed by atoms with van der Waals surface area (Å²) in [6.45, 7) is 14.9. The Bertz CT molecular complexity index is 1270. The summed E-state index contributed by atoms with van der Waals surface area (Å²) in [5.41, 5.74) is 0. The van der Waals surface area contributed by atoms with Crippen molar-refractivity contribution < 1.29 is 23.5 Å². The average molecular weight is 669 g/mol. The topological polar surface area (TPSA) is 68.3 Å². The van der Waals surface area contributed by atoms with Crippen LogP contribution in [0.3, 0.4) is 0 Å². The first-order valence-electron chi connectivity index (χ1n) is 16.5. The van der Waals surface area contributed by atoms with E-state index in [1.807, 2.05) is 17.0 Å². The number of benzene rings is 2. The van der Waals surface area contributed by atoms with E-state index in [-0.39, 0.29) is 35.7 Å². The van der Waals surface area contributed by atoms with Gasteiger partial charge in [0.15, 0.2) is 11.2 Å². The molecule has 7 nitrogen and oxygen atoms in total. The average Bonchev–Trinajstić information content (AvgIpc) is 3.30. The number of carbonyl (C=O) groups is 2. The quantitative estimate of drug-likeness (QED) is 0.303. The standard InChI is InChI=1S/C35H52N2O5SSi2/c1-34(2,3)45(28-16-10-8-11-17-28,29-18-12-9-13-19-29)41-26-27-24-30(42-32-20-14-15-21-40-32)35(43-22-23-44(5,6)7)33(39)36(4)25-31(38)37(27)35/h8-13,16-19,27,30,32H,14-15,20-26H2,1-7H3/t27-,30+,32?,35-/m1/s1. The molecule has 0 radical (unpaired) electrons. The minimum Gasteiger partial charge on any atom is -0.405 e. The van der Waals surface area contributed by atoms with Crippen LogP contribution in [0.2, 0.25) is 30.7 Å². The second-order valence-corrected chi connectivity index (χ2v) is 26.3. The molecular weight excluding hydrogens is 617 g/mol. The molecule has 246 valence electrons. The maximum Gasteiger partial charge on any atom is 0.262 e. The molecular formula is C35H52N2O5SSi2. The maximum absolute atomic E-state index is 14.4. The van der Waals surface area contributed by atoms with E-state index in [0.29, 0.717) is 19.6 Å². The van der Waals surface area contributed by atoms with Gasteiger partial charge in [0.1, 0.15) is 6.10 Å². The molecule has 2 amide bonds. The van der Waals surface area contributed by atoms with Crippen LogP contribution in [0.5, 0.6) is 0 Å². The zero-order valence-corrected chi connectivity index (χ0v) is 31.0. The molecule has 2 aromatic carbocycles. The summed E-state index contributed by atoms with van der Waals surface area (Å²) >= 11 is 1.61. The summed E-state index contributed by atoms with van der Waals surface area (Å²) in [6.07, 6.45) is 2.52. The fourth-order valence-corrected chi connectivity index (χ4v) is 16.0. The molecule has 45 heavy (non-hydrogen) atoms. The molecule has 1 unspecified atom stereocenters. The molecule has 3 heterocycles. The normalized spacial score (nSPS) is 26.3. The predicted octanol–water partition coefficient (Wildman–Crippen LogP) is 5.32. The lowest BCUT2D eigenvalue weighted by atomic mass is 10.1. The van der Waals surface area contributed by atoms with Gasteiger partial charge >= 0.3 is 0 Å². The van der Waals surface area contributed by atoms with E-state index >= 15 is 0 Å². The minimum absolute atomic E-state index is 0.0377. The second-order valence-electron chi connectivity index (χ2n) is 15.1. The van der Waals surface area contributed by atoms with Gasteiger partial charge in [-0.2, -0.15) is 0 Å². The van der Waals surface area contributed by atoms with Crippen molar-refractivity contribution in [2.45, 2.75) is 100 Å². The molecule has 0 saturated carbocycles. The van der Waals surface area contributed by atoms with Gasteiger partial charge in [-0.05, 0) is 46.5 Å². The lowest BCUT2D eigenvalue weighted by molar-refractivity contribution is -0.200. The molecule has 5 rings (SSSR count). The molecule has 0 aromatic heterocycles. The van der Waals surface area contributed by atoms with Gasteiger partial charge in [-0.15, -0.1) is 11.8 Å². The van der Waals surface area contributed by atoms with E-state index in [1.54, 1.807) is 23.7 Å². The predicted molar refractivity (Wildman–Crippen MR) is 188 cm³/mol. The molecule has 3 aliphatic heterocycles. The van der Waals surface area contributed by atoms with Crippen molar-refractivity contribution in [3.05, 3.63) is 60.7 Å². The van der Waals surface area contributed by atoms with Gasteiger partial charge in [-0.3, -0.25) is 9.59 Å². The third-order valence-corrected chi connectivity index (χ3v) is 18.1. The van der Waals surface area contributed by atoms with Gasteiger partial charge in [0.25, 0.3) is 14.2 Å². The van der Waals surface area contributed by atoms with Crippen molar-refractivity contribution in [1.82, 2.24) is 9.80 Å². The van der Waals surface area contributed by atoms with Crippen LogP contribution in [0.4, 0.5) is 0 Å². The third-order valence-electron chi connectivity index (χ3n) is 9.48. The van der Waals surface area contributed by atoms with Crippen molar-refractivity contribution in [3.63, 3.8) is 0 Å². The van der Waals surface area contributed by atoms with E-state index in [2.05, 4.69) is 88.9 Å². The number of rotatable bonds is 11. The second kappa shape index (κ2) is 13.6. The highest BCUT2D eigenvalue weighted by Crippen LogP contribution is 2.49. The Labute approximate surface area is 276 Å². The van der Waals surface area contributed by atoms with Gasteiger partial charge in [-0.1, -0.05) is 101 Å². The van der Waals surface area contributed by atoms with Crippen molar-refractivity contribution in [2.24, 2.45) is 0 Å². The number of fused-ring (bicyclic) bond motifs is 1. The van der Waals surface area contributed by atoms with Crippen LogP contribution in [0.15, 0.2) is 60.7 Å². The van der Waals surface area contributed by atoms with Crippen LogP contribution >= 0.6 is 11.8 Å². The fraction of sp³-hybridized carbons (Fsp3) is 0.600. The van der Waals surface area contributed by atoms with Gasteiger partial charge in [0.2, 0.25) is 5.91 Å². The Kier molecular flexibility index (Phi) is 10.4. The highest BCUT2D eigenvalue weighted by atomic mass is 32.2. The van der Waals surface area contributed by atoms with Gasteiger partial charge in [-0.25, -0.2) is 0 Å². The molecule has 3 saturated heterocycles. The monoisotopic (exact) mass is 668 g/mol. The number of hydrogen-bond donors (Lipinski definition) is 0. The SMILES string of the molecule is CN1CC(=O)N2[C@@H](CO[Si](c3ccccc3)(c3ccccc3)C(C)(C)C)C[C@H](OC3CCCCO3)[C@@]2(SCC[Si](C)(C)C)C1=O. The van der Waals surface area contributed by atoms with Gasteiger partial charge in [0, 0.05) is 28.1 Å². The van der Waals surface area contributed by atoms with Crippen LogP contribution in [0.25, 0.3) is 0 Å². The molecule has 0 spiro atoms. The first-order valence-corrected chi connectivity index (χ1v) is 23.1. The summed E-state index contributed by atoms with van der Waals surface area (Å²) in [5, 5.41) is 2.19. The van der Waals surface area contributed by atoms with E-state index < -0.39 is 27.4 Å². The number of hydrogen-bond acceptors (Lipinski definition) is 6. The molecule has 4 atom stereocenters. The molecule has 3 fully saturated rings. The summed E-state index contributed by atoms with van der Waals surface area (Å²) in [6, 6.07) is 21.9. The van der Waals surface area contributed by atoms with E-state index in [9.17, 15) is 9.59 Å². The van der Waals surface area contributed by atoms with E-state index in [0.717, 1.165) is 31.1 Å². The number of ether oxygens (including phenoxy) is 2. The zero-order valence-electron chi connectivity index (χ0n) is 28.2. The fourth-order valence-electron chi connectivity index (χ4n) is 7.20. The van der Waals surface area contributed by atoms with Crippen LogP contribution in [-0.2, 0) is 23.5 Å². The summed E-state index contributed by atoms with van der Waals surface area (Å²) in [4.78, 5) is 30.9. The number of nitrogens with zero attached hydrogens (tertiary/aromatic N) is 2. The Morgan fingerprint density at radius 1 is 0.978 bits per heavy atom. The highest BCUT2D eigenvalue weighted by Gasteiger charge is 2.65. The van der Waals surface area contributed by atoms with Crippen molar-refractivity contribution in [1.29, 1.82) is 0 Å². The number of piperazine rings is 1. The third kappa shape index (κ3) is 6.87. The molecule has 0 N–H and O–H groups in total. The summed E-state index contributed by atoms with van der Waals surface area (Å²) < 4.78 is 20.2. The van der Waals surface area contributed by atoms with E-state index in [4.69, 9.17) is 13.9 Å².